The fourth-order valence-electron chi connectivity index (χ4n) is 3.93. The van der Waals surface area contributed by atoms with Gasteiger partial charge in [-0.05, 0) is 71.4 Å². The summed E-state index contributed by atoms with van der Waals surface area (Å²) in [6.45, 7) is 0. The van der Waals surface area contributed by atoms with Crippen molar-refractivity contribution in [3.63, 3.8) is 0 Å². The number of thiophene rings is 2. The van der Waals surface area contributed by atoms with E-state index in [1.807, 2.05) is 36.4 Å². The zero-order valence-electron chi connectivity index (χ0n) is 14.5. The number of hydrogen-bond donors (Lipinski definition) is 0. The van der Waals surface area contributed by atoms with Crippen LogP contribution in [0.4, 0.5) is 0 Å². The molecule has 0 spiro atoms. The van der Waals surface area contributed by atoms with Gasteiger partial charge in [0.1, 0.15) is 0 Å². The summed E-state index contributed by atoms with van der Waals surface area (Å²) < 4.78 is 4.87. The third kappa shape index (κ3) is 2.11. The summed E-state index contributed by atoms with van der Waals surface area (Å²) in [6, 6.07) is 25.3. The molecule has 0 aliphatic heterocycles. The predicted molar refractivity (Wildman–Crippen MR) is 119 cm³/mol. The Kier molecular flexibility index (Phi) is 3.08. The van der Waals surface area contributed by atoms with Gasteiger partial charge in [0, 0.05) is 40.3 Å². The highest BCUT2D eigenvalue weighted by Gasteiger charge is 2.11. The SMILES string of the molecule is N#Cc1ccc2sc3cc4cc5c(cc4cc3c2c1)sc1ccc(C#N)cc15. The Morgan fingerprint density at radius 3 is 1.36 bits per heavy atom. The van der Waals surface area contributed by atoms with Crippen molar-refractivity contribution in [1.82, 2.24) is 0 Å². The van der Waals surface area contributed by atoms with E-state index in [0.717, 1.165) is 10.8 Å². The van der Waals surface area contributed by atoms with Crippen LogP contribution in [-0.4, -0.2) is 0 Å². The van der Waals surface area contributed by atoms with E-state index in [1.165, 1.54) is 40.3 Å². The highest BCUT2D eigenvalue weighted by Crippen LogP contribution is 2.41. The van der Waals surface area contributed by atoms with Crippen LogP contribution in [0.1, 0.15) is 11.1 Å². The minimum Gasteiger partial charge on any atom is -0.192 e. The van der Waals surface area contributed by atoms with Gasteiger partial charge in [0.15, 0.2) is 0 Å². The van der Waals surface area contributed by atoms with Gasteiger partial charge in [0.05, 0.1) is 23.3 Å². The number of benzene rings is 4. The summed E-state index contributed by atoms with van der Waals surface area (Å²) in [5, 5.41) is 25.6. The van der Waals surface area contributed by atoms with Crippen molar-refractivity contribution in [1.29, 1.82) is 10.5 Å². The fourth-order valence-corrected chi connectivity index (χ4v) is 6.17. The predicted octanol–water partition coefficient (Wildman–Crippen LogP) is 7.32. The van der Waals surface area contributed by atoms with E-state index < -0.39 is 0 Å². The van der Waals surface area contributed by atoms with E-state index in [4.69, 9.17) is 0 Å². The quantitative estimate of drug-likeness (QED) is 0.273. The van der Waals surface area contributed by atoms with E-state index in [1.54, 1.807) is 22.7 Å². The van der Waals surface area contributed by atoms with Gasteiger partial charge in [-0.2, -0.15) is 10.5 Å². The summed E-state index contributed by atoms with van der Waals surface area (Å²) in [5.74, 6) is 0. The van der Waals surface area contributed by atoms with Crippen LogP contribution >= 0.6 is 22.7 Å². The monoisotopic (exact) mass is 390 g/mol. The lowest BCUT2D eigenvalue weighted by Gasteiger charge is -2.01. The van der Waals surface area contributed by atoms with Gasteiger partial charge in [-0.15, -0.1) is 22.7 Å². The maximum atomic E-state index is 9.24. The van der Waals surface area contributed by atoms with Crippen LogP contribution in [0.3, 0.4) is 0 Å². The summed E-state index contributed by atoms with van der Waals surface area (Å²) in [4.78, 5) is 0. The Balaban J connectivity index is 1.72. The highest BCUT2D eigenvalue weighted by atomic mass is 32.1. The molecule has 6 rings (SSSR count). The second-order valence-corrected chi connectivity index (χ2v) is 9.06. The first-order valence-corrected chi connectivity index (χ1v) is 10.4. The van der Waals surface area contributed by atoms with E-state index >= 15 is 0 Å². The Labute approximate surface area is 168 Å². The molecule has 0 aliphatic rings. The van der Waals surface area contributed by atoms with Crippen molar-refractivity contribution in [3.8, 4) is 12.1 Å². The van der Waals surface area contributed by atoms with E-state index in [0.29, 0.717) is 11.1 Å². The maximum Gasteiger partial charge on any atom is 0.0991 e. The van der Waals surface area contributed by atoms with Gasteiger partial charge in [0.2, 0.25) is 0 Å². The second-order valence-electron chi connectivity index (χ2n) is 6.89. The molecule has 0 aliphatic carbocycles. The summed E-state index contributed by atoms with van der Waals surface area (Å²) in [5.41, 5.74) is 1.39. The molecule has 2 heterocycles. The van der Waals surface area contributed by atoms with Crippen molar-refractivity contribution in [2.24, 2.45) is 0 Å². The molecule has 0 atom stereocenters. The Hall–Kier alpha value is -3.44. The molecule has 6 aromatic rings. The topological polar surface area (TPSA) is 47.6 Å². The van der Waals surface area contributed by atoms with Crippen molar-refractivity contribution < 1.29 is 0 Å². The van der Waals surface area contributed by atoms with Crippen LogP contribution in [0.5, 0.6) is 0 Å². The number of hydrogen-bond acceptors (Lipinski definition) is 4. The Bertz CT molecular complexity index is 1560. The largest absolute Gasteiger partial charge is 0.192 e. The molecule has 4 heteroatoms. The van der Waals surface area contributed by atoms with Crippen molar-refractivity contribution >= 4 is 73.8 Å². The molecule has 0 radical (unpaired) electrons. The molecular formula is C24H10N2S2. The molecule has 128 valence electrons. The molecule has 0 N–H and O–H groups in total. The van der Waals surface area contributed by atoms with Gasteiger partial charge in [-0.3, -0.25) is 0 Å². The van der Waals surface area contributed by atoms with Crippen molar-refractivity contribution in [2.45, 2.75) is 0 Å². The molecule has 0 saturated heterocycles. The number of nitrogens with zero attached hydrogens (tertiary/aromatic N) is 2. The number of nitriles is 2. The minimum absolute atomic E-state index is 0.695. The molecule has 4 aromatic carbocycles. The maximum absolute atomic E-state index is 9.24. The zero-order chi connectivity index (χ0) is 18.8. The molecular weight excluding hydrogens is 380 g/mol. The lowest BCUT2D eigenvalue weighted by molar-refractivity contribution is 1.50. The first-order valence-electron chi connectivity index (χ1n) is 8.80. The van der Waals surface area contributed by atoms with E-state index in [-0.39, 0.29) is 0 Å². The number of rotatable bonds is 0. The molecule has 2 aromatic heterocycles. The third-order valence-corrected chi connectivity index (χ3v) is 7.54. The van der Waals surface area contributed by atoms with Gasteiger partial charge < -0.3 is 0 Å². The van der Waals surface area contributed by atoms with Gasteiger partial charge in [0.25, 0.3) is 0 Å². The van der Waals surface area contributed by atoms with Crippen molar-refractivity contribution in [2.75, 3.05) is 0 Å². The molecule has 0 bridgehead atoms. The summed E-state index contributed by atoms with van der Waals surface area (Å²) >= 11 is 3.53. The molecule has 0 fully saturated rings. The zero-order valence-corrected chi connectivity index (χ0v) is 16.1. The third-order valence-electron chi connectivity index (χ3n) is 5.27. The highest BCUT2D eigenvalue weighted by molar-refractivity contribution is 7.26. The standard InChI is InChI=1S/C24H10N2S2/c25-11-13-1-3-21-17(5-13)19-7-15-10-24-20(8-16(15)9-23(19)27-21)18-6-14(12-26)2-4-22(18)28-24/h1-10H. The average Bonchev–Trinajstić information content (AvgIpc) is 3.26. The normalized spacial score (nSPS) is 11.5. The average molecular weight is 390 g/mol. The molecule has 0 amide bonds. The second kappa shape index (κ2) is 5.53. The van der Waals surface area contributed by atoms with Gasteiger partial charge >= 0.3 is 0 Å². The lowest BCUT2D eigenvalue weighted by Crippen LogP contribution is -1.76. The van der Waals surface area contributed by atoms with Crippen LogP contribution in [0.15, 0.2) is 60.7 Å². The van der Waals surface area contributed by atoms with Crippen LogP contribution in [-0.2, 0) is 0 Å². The first-order chi connectivity index (χ1) is 13.7. The van der Waals surface area contributed by atoms with Crippen molar-refractivity contribution in [3.05, 3.63) is 71.8 Å². The fraction of sp³-hybridized carbons (Fsp3) is 0. The smallest absolute Gasteiger partial charge is 0.0991 e. The van der Waals surface area contributed by atoms with E-state index in [2.05, 4.69) is 36.4 Å². The summed E-state index contributed by atoms with van der Waals surface area (Å²) in [7, 11) is 0. The molecule has 2 nitrogen and oxygen atoms in total. The van der Waals surface area contributed by atoms with Crippen LogP contribution in [0.25, 0.3) is 51.1 Å². The lowest BCUT2D eigenvalue weighted by atomic mass is 10.0. The Morgan fingerprint density at radius 2 is 0.929 bits per heavy atom. The Morgan fingerprint density at radius 1 is 0.500 bits per heavy atom. The summed E-state index contributed by atoms with van der Waals surface area (Å²) in [6.07, 6.45) is 0. The first kappa shape index (κ1) is 15.6. The molecule has 28 heavy (non-hydrogen) atoms. The van der Waals surface area contributed by atoms with Gasteiger partial charge in [-0.25, -0.2) is 0 Å². The molecule has 0 saturated carbocycles. The van der Waals surface area contributed by atoms with Gasteiger partial charge in [-0.1, -0.05) is 0 Å². The van der Waals surface area contributed by atoms with E-state index in [9.17, 15) is 10.5 Å². The van der Waals surface area contributed by atoms with Crippen LogP contribution in [0, 0.1) is 22.7 Å². The molecule has 0 unspecified atom stereocenters. The van der Waals surface area contributed by atoms with Crippen LogP contribution < -0.4 is 0 Å². The minimum atomic E-state index is 0.695. The number of fused-ring (bicyclic) bond motifs is 7. The van der Waals surface area contributed by atoms with Crippen LogP contribution in [0.2, 0.25) is 0 Å².